The summed E-state index contributed by atoms with van der Waals surface area (Å²) < 4.78 is 0. The molecule has 1 aliphatic rings. The lowest BCUT2D eigenvalue weighted by molar-refractivity contribution is 0.0721. The third-order valence-corrected chi connectivity index (χ3v) is 4.31. The Morgan fingerprint density at radius 3 is 3.05 bits per heavy atom. The minimum Gasteiger partial charge on any atom is -0.384 e. The molecule has 0 aromatic carbocycles. The van der Waals surface area contributed by atoms with Crippen LogP contribution in [0.5, 0.6) is 0 Å². The second-order valence-corrected chi connectivity index (χ2v) is 6.26. The first-order valence-electron chi connectivity index (χ1n) is 6.77. The van der Waals surface area contributed by atoms with Crippen LogP contribution < -0.4 is 0 Å². The molecule has 2 heterocycles. The van der Waals surface area contributed by atoms with E-state index in [2.05, 4.69) is 16.7 Å². The highest BCUT2D eigenvalue weighted by molar-refractivity contribution is 7.14. The number of likely N-dealkylation sites (N-methyl/N-ethyl adjacent to an activating group) is 1. The van der Waals surface area contributed by atoms with Crippen LogP contribution in [0.1, 0.15) is 27.4 Å². The van der Waals surface area contributed by atoms with Gasteiger partial charge in [0.05, 0.1) is 9.75 Å². The normalized spacial score (nSPS) is 18.2. The fourth-order valence-corrected chi connectivity index (χ4v) is 3.34. The first-order valence-corrected chi connectivity index (χ1v) is 7.58. The van der Waals surface area contributed by atoms with E-state index in [0.717, 1.165) is 35.7 Å². The monoisotopic (exact) mass is 292 g/mol. The lowest BCUT2D eigenvalue weighted by Crippen LogP contribution is -2.41. The van der Waals surface area contributed by atoms with Gasteiger partial charge >= 0.3 is 0 Å². The quantitative estimate of drug-likeness (QED) is 0.853. The summed E-state index contributed by atoms with van der Waals surface area (Å²) in [5.74, 6) is 5.56. The first kappa shape index (κ1) is 15.0. The minimum absolute atomic E-state index is 0.108. The summed E-state index contributed by atoms with van der Waals surface area (Å²) in [6.07, 6.45) is 2.15. The van der Waals surface area contributed by atoms with Gasteiger partial charge in [0.15, 0.2) is 0 Å². The van der Waals surface area contributed by atoms with Crippen LogP contribution in [0, 0.1) is 11.8 Å². The number of aliphatic hydroxyl groups excluding tert-OH is 1. The molecule has 2 rings (SSSR count). The van der Waals surface area contributed by atoms with Crippen molar-refractivity contribution in [1.29, 1.82) is 0 Å². The number of nitrogens with zero attached hydrogens (tertiary/aromatic N) is 2. The highest BCUT2D eigenvalue weighted by Crippen LogP contribution is 2.24. The fourth-order valence-electron chi connectivity index (χ4n) is 2.50. The summed E-state index contributed by atoms with van der Waals surface area (Å²) in [5.41, 5.74) is 0. The predicted molar refractivity (Wildman–Crippen MR) is 80.9 cm³/mol. The van der Waals surface area contributed by atoms with Crippen LogP contribution in [0.3, 0.4) is 0 Å². The second kappa shape index (κ2) is 6.89. The Morgan fingerprint density at radius 2 is 2.35 bits per heavy atom. The molecule has 5 heteroatoms. The average Bonchev–Trinajstić information content (AvgIpc) is 3.04. The molecular formula is C15H20N2O2S. The summed E-state index contributed by atoms with van der Waals surface area (Å²) in [4.78, 5) is 18.2. The maximum absolute atomic E-state index is 12.5. The Labute approximate surface area is 124 Å². The van der Waals surface area contributed by atoms with Gasteiger partial charge in [0.2, 0.25) is 0 Å². The molecule has 4 nitrogen and oxygen atoms in total. The summed E-state index contributed by atoms with van der Waals surface area (Å²) in [7, 11) is 4.07. The van der Waals surface area contributed by atoms with E-state index in [9.17, 15) is 4.79 Å². The molecule has 1 fully saturated rings. The van der Waals surface area contributed by atoms with Gasteiger partial charge in [0.25, 0.3) is 5.91 Å². The van der Waals surface area contributed by atoms with Gasteiger partial charge in [-0.2, -0.15) is 0 Å². The number of hydrogen-bond acceptors (Lipinski definition) is 4. The molecule has 1 aromatic rings. The lowest BCUT2D eigenvalue weighted by atomic mass is 10.2. The molecule has 0 spiro atoms. The minimum atomic E-state index is -0.155. The Morgan fingerprint density at radius 1 is 1.55 bits per heavy atom. The summed E-state index contributed by atoms with van der Waals surface area (Å²) in [6, 6.07) is 3.99. The van der Waals surface area contributed by atoms with Crippen LogP contribution in [0.4, 0.5) is 0 Å². The van der Waals surface area contributed by atoms with E-state index in [1.807, 2.05) is 31.1 Å². The Bertz CT molecular complexity index is 527. The van der Waals surface area contributed by atoms with Gasteiger partial charge in [0, 0.05) is 19.1 Å². The Hall–Kier alpha value is -1.35. The molecule has 108 valence electrons. The van der Waals surface area contributed by atoms with Crippen LogP contribution in [0.15, 0.2) is 12.1 Å². The van der Waals surface area contributed by atoms with Crippen molar-refractivity contribution in [2.75, 3.05) is 33.8 Å². The van der Waals surface area contributed by atoms with Gasteiger partial charge in [-0.05, 0) is 39.1 Å². The smallest absolute Gasteiger partial charge is 0.264 e. The van der Waals surface area contributed by atoms with Crippen molar-refractivity contribution in [1.82, 2.24) is 9.80 Å². The zero-order valence-corrected chi connectivity index (χ0v) is 12.7. The molecule has 1 unspecified atom stereocenters. The van der Waals surface area contributed by atoms with Gasteiger partial charge in [-0.3, -0.25) is 4.79 Å². The van der Waals surface area contributed by atoms with Crippen LogP contribution >= 0.6 is 11.3 Å². The van der Waals surface area contributed by atoms with Crippen molar-refractivity contribution < 1.29 is 9.90 Å². The number of rotatable bonds is 3. The van der Waals surface area contributed by atoms with Gasteiger partial charge < -0.3 is 14.9 Å². The van der Waals surface area contributed by atoms with E-state index in [1.54, 1.807) is 0 Å². The van der Waals surface area contributed by atoms with Crippen molar-refractivity contribution in [3.05, 3.63) is 21.9 Å². The number of thiophene rings is 1. The molecule has 1 aliphatic heterocycles. The van der Waals surface area contributed by atoms with E-state index in [4.69, 9.17) is 5.11 Å². The highest BCUT2D eigenvalue weighted by atomic mass is 32.1. The molecule has 1 atom stereocenters. The molecule has 0 aliphatic carbocycles. The molecule has 0 radical (unpaired) electrons. The third kappa shape index (κ3) is 3.60. The molecule has 1 N–H and O–H groups in total. The lowest BCUT2D eigenvalue weighted by Gasteiger charge is -2.26. The summed E-state index contributed by atoms with van der Waals surface area (Å²) in [6.45, 7) is 1.60. The fraction of sp³-hybridized carbons (Fsp3) is 0.533. The number of aliphatic hydroxyl groups is 1. The first-order chi connectivity index (χ1) is 9.61. The zero-order chi connectivity index (χ0) is 14.5. The highest BCUT2D eigenvalue weighted by Gasteiger charge is 2.30. The summed E-state index contributed by atoms with van der Waals surface area (Å²) >= 11 is 1.40. The van der Waals surface area contributed by atoms with Crippen molar-refractivity contribution in [2.24, 2.45) is 0 Å². The third-order valence-electron chi connectivity index (χ3n) is 3.32. The molecule has 0 bridgehead atoms. The Kier molecular flexibility index (Phi) is 5.18. The van der Waals surface area contributed by atoms with Crippen LogP contribution in [0.2, 0.25) is 0 Å². The van der Waals surface area contributed by atoms with Gasteiger partial charge in [-0.25, -0.2) is 0 Å². The molecule has 1 aromatic heterocycles. The van der Waals surface area contributed by atoms with Crippen LogP contribution in [-0.2, 0) is 0 Å². The Balaban J connectivity index is 2.08. The molecule has 0 saturated carbocycles. The summed E-state index contributed by atoms with van der Waals surface area (Å²) in [5, 5.41) is 8.69. The molecule has 1 saturated heterocycles. The molecular weight excluding hydrogens is 272 g/mol. The van der Waals surface area contributed by atoms with Gasteiger partial charge in [-0.15, -0.1) is 11.3 Å². The van der Waals surface area contributed by atoms with E-state index in [-0.39, 0.29) is 12.5 Å². The van der Waals surface area contributed by atoms with Crippen molar-refractivity contribution in [2.45, 2.75) is 18.9 Å². The number of amides is 1. The standard InChI is InChI=1S/C15H20N2O2S/c1-16(2)11-12-5-3-9-17(12)15(19)14-8-7-13(20-14)6-4-10-18/h7-8,12,18H,3,5,9-11H2,1-2H3. The van der Waals surface area contributed by atoms with Gasteiger partial charge in [0.1, 0.15) is 6.61 Å². The molecule has 20 heavy (non-hydrogen) atoms. The predicted octanol–water partition coefficient (Wildman–Crippen LogP) is 1.26. The van der Waals surface area contributed by atoms with Gasteiger partial charge in [-0.1, -0.05) is 11.8 Å². The maximum atomic E-state index is 12.5. The van der Waals surface area contributed by atoms with E-state index in [1.165, 1.54) is 11.3 Å². The molecule has 1 amide bonds. The topological polar surface area (TPSA) is 43.8 Å². The van der Waals surface area contributed by atoms with E-state index < -0.39 is 0 Å². The number of hydrogen-bond donors (Lipinski definition) is 1. The SMILES string of the molecule is CN(C)CC1CCCN1C(=O)c1ccc(C#CCO)s1. The van der Waals surface area contributed by atoms with Crippen molar-refractivity contribution in [3.8, 4) is 11.8 Å². The average molecular weight is 292 g/mol. The largest absolute Gasteiger partial charge is 0.384 e. The van der Waals surface area contributed by atoms with Crippen LogP contribution in [0.25, 0.3) is 0 Å². The maximum Gasteiger partial charge on any atom is 0.264 e. The zero-order valence-electron chi connectivity index (χ0n) is 11.9. The second-order valence-electron chi connectivity index (χ2n) is 5.18. The number of carbonyl (C=O) groups excluding carboxylic acids is 1. The van der Waals surface area contributed by atoms with Crippen LogP contribution in [-0.4, -0.2) is 60.6 Å². The number of carbonyl (C=O) groups is 1. The van der Waals surface area contributed by atoms with E-state index in [0.29, 0.717) is 6.04 Å². The van der Waals surface area contributed by atoms with Crippen molar-refractivity contribution >= 4 is 17.2 Å². The van der Waals surface area contributed by atoms with Crippen molar-refractivity contribution in [3.63, 3.8) is 0 Å². The number of likely N-dealkylation sites (tertiary alicyclic amines) is 1. The van der Waals surface area contributed by atoms with E-state index >= 15 is 0 Å².